The number of rotatable bonds is 61. The van der Waals surface area contributed by atoms with Gasteiger partial charge in [-0.3, -0.25) is 14.4 Å². The molecule has 6 nitrogen and oxygen atoms in total. The van der Waals surface area contributed by atoms with Crippen LogP contribution in [0.2, 0.25) is 0 Å². The maximum absolute atomic E-state index is 13.0. The molecule has 0 radical (unpaired) electrons. The number of carbonyl (C=O) groups excluding carboxylic acids is 3. The number of hydrogen-bond donors (Lipinski definition) is 0. The van der Waals surface area contributed by atoms with Gasteiger partial charge in [0.25, 0.3) is 0 Å². The Labute approximate surface area is 489 Å². The quantitative estimate of drug-likeness (QED) is 0.0261. The van der Waals surface area contributed by atoms with Gasteiger partial charge < -0.3 is 14.2 Å². The zero-order valence-electron chi connectivity index (χ0n) is 52.1. The Morgan fingerprint density at radius 2 is 0.494 bits per heavy atom. The van der Waals surface area contributed by atoms with Crippen LogP contribution >= 0.6 is 0 Å². The molecule has 6 heteroatoms. The Morgan fingerprint density at radius 3 is 0.810 bits per heavy atom. The average molecular weight is 1100 g/mol. The summed E-state index contributed by atoms with van der Waals surface area (Å²) in [6.07, 6.45) is 89.8. The van der Waals surface area contributed by atoms with Crippen molar-refractivity contribution < 1.29 is 28.6 Å². The summed E-state index contributed by atoms with van der Waals surface area (Å²) in [6.45, 7) is 6.52. The van der Waals surface area contributed by atoms with Crippen LogP contribution < -0.4 is 0 Å². The van der Waals surface area contributed by atoms with Crippen LogP contribution in [-0.2, 0) is 28.6 Å². The van der Waals surface area contributed by atoms with Crippen LogP contribution in [0.3, 0.4) is 0 Å². The molecular formula is C73H126O6. The molecule has 0 aromatic heterocycles. The molecular weight excluding hydrogens is 973 g/mol. The maximum Gasteiger partial charge on any atom is 0.306 e. The van der Waals surface area contributed by atoms with Crippen LogP contribution in [0.15, 0.2) is 97.2 Å². The van der Waals surface area contributed by atoms with Gasteiger partial charge in [-0.25, -0.2) is 0 Å². The van der Waals surface area contributed by atoms with Gasteiger partial charge >= 0.3 is 17.9 Å². The van der Waals surface area contributed by atoms with E-state index in [9.17, 15) is 14.4 Å². The zero-order chi connectivity index (χ0) is 57.1. The Kier molecular flexibility index (Phi) is 63.7. The van der Waals surface area contributed by atoms with E-state index in [0.717, 1.165) is 109 Å². The molecule has 79 heavy (non-hydrogen) atoms. The Bertz CT molecular complexity index is 1540. The van der Waals surface area contributed by atoms with Crippen LogP contribution in [0.5, 0.6) is 0 Å². The Hall–Kier alpha value is -3.67. The number of unbranched alkanes of at least 4 members (excludes halogenated alkanes) is 34. The van der Waals surface area contributed by atoms with Crippen molar-refractivity contribution in [1.29, 1.82) is 0 Å². The normalized spacial score (nSPS) is 12.7. The van der Waals surface area contributed by atoms with Gasteiger partial charge in [0.1, 0.15) is 13.2 Å². The topological polar surface area (TPSA) is 78.9 Å². The smallest absolute Gasteiger partial charge is 0.306 e. The van der Waals surface area contributed by atoms with Crippen LogP contribution in [0.25, 0.3) is 0 Å². The van der Waals surface area contributed by atoms with Crippen molar-refractivity contribution in [2.75, 3.05) is 13.2 Å². The second kappa shape index (κ2) is 66.8. The van der Waals surface area contributed by atoms with E-state index in [-0.39, 0.29) is 31.1 Å². The monoisotopic (exact) mass is 1100 g/mol. The third-order valence-corrected chi connectivity index (χ3v) is 14.5. The lowest BCUT2D eigenvalue weighted by Gasteiger charge is -2.18. The summed E-state index contributed by atoms with van der Waals surface area (Å²) < 4.78 is 17.0. The summed E-state index contributed by atoms with van der Waals surface area (Å²) in [5, 5.41) is 0. The number of hydrogen-bond acceptors (Lipinski definition) is 6. The SMILES string of the molecule is CC/C=C\C/C=C\C/C=C\C/C=C\CCCCCCCCCCC(=O)OCC(COC(=O)CCCCCCCC/C=C\C/C=C\C/C=C\CCCCC)OC(=O)CCCCCCCCCCC/C=C\CCCCCCCCCC. The number of carbonyl (C=O) groups is 3. The van der Waals surface area contributed by atoms with Gasteiger partial charge in [0.2, 0.25) is 0 Å². The lowest BCUT2D eigenvalue weighted by Crippen LogP contribution is -2.30. The Morgan fingerprint density at radius 1 is 0.266 bits per heavy atom. The molecule has 0 saturated carbocycles. The fourth-order valence-corrected chi connectivity index (χ4v) is 9.50. The first kappa shape index (κ1) is 75.3. The third kappa shape index (κ3) is 65.0. The Balaban J connectivity index is 4.42. The van der Waals surface area contributed by atoms with E-state index < -0.39 is 6.10 Å². The molecule has 0 fully saturated rings. The van der Waals surface area contributed by atoms with Gasteiger partial charge in [-0.05, 0) is 122 Å². The van der Waals surface area contributed by atoms with Crippen molar-refractivity contribution in [1.82, 2.24) is 0 Å². The predicted octanol–water partition coefficient (Wildman–Crippen LogP) is 23.2. The molecule has 0 amide bonds. The molecule has 0 N–H and O–H groups in total. The highest BCUT2D eigenvalue weighted by Crippen LogP contribution is 2.16. The molecule has 0 aromatic rings. The van der Waals surface area contributed by atoms with Gasteiger partial charge in [0.05, 0.1) is 0 Å². The molecule has 0 spiro atoms. The molecule has 454 valence electrons. The minimum absolute atomic E-state index is 0.0862. The molecule has 0 heterocycles. The highest BCUT2D eigenvalue weighted by atomic mass is 16.6. The van der Waals surface area contributed by atoms with Crippen LogP contribution in [0.1, 0.15) is 329 Å². The molecule has 0 rings (SSSR count). The van der Waals surface area contributed by atoms with Crippen LogP contribution in [-0.4, -0.2) is 37.2 Å². The molecule has 0 aliphatic rings. The maximum atomic E-state index is 13.0. The third-order valence-electron chi connectivity index (χ3n) is 14.5. The summed E-state index contributed by atoms with van der Waals surface area (Å²) in [6, 6.07) is 0. The summed E-state index contributed by atoms with van der Waals surface area (Å²) in [4.78, 5) is 38.4. The lowest BCUT2D eigenvalue weighted by molar-refractivity contribution is -0.167. The highest BCUT2D eigenvalue weighted by Gasteiger charge is 2.19. The fraction of sp³-hybridized carbons (Fsp3) is 0.740. The number of esters is 3. The lowest BCUT2D eigenvalue weighted by atomic mass is 10.1. The molecule has 1 unspecified atom stereocenters. The second-order valence-corrected chi connectivity index (χ2v) is 22.3. The summed E-state index contributed by atoms with van der Waals surface area (Å²) in [5.74, 6) is -0.895. The van der Waals surface area contributed by atoms with E-state index in [1.807, 2.05) is 0 Å². The summed E-state index contributed by atoms with van der Waals surface area (Å²) in [5.41, 5.74) is 0. The van der Waals surface area contributed by atoms with E-state index in [1.54, 1.807) is 0 Å². The molecule has 0 aromatic carbocycles. The fourth-order valence-electron chi connectivity index (χ4n) is 9.50. The number of allylic oxidation sites excluding steroid dienone is 16. The van der Waals surface area contributed by atoms with E-state index in [0.29, 0.717) is 19.3 Å². The second-order valence-electron chi connectivity index (χ2n) is 22.3. The van der Waals surface area contributed by atoms with Crippen molar-refractivity contribution in [2.24, 2.45) is 0 Å². The van der Waals surface area contributed by atoms with Gasteiger partial charge in [-0.2, -0.15) is 0 Å². The van der Waals surface area contributed by atoms with Gasteiger partial charge in [-0.15, -0.1) is 0 Å². The largest absolute Gasteiger partial charge is 0.462 e. The summed E-state index contributed by atoms with van der Waals surface area (Å²) in [7, 11) is 0. The van der Waals surface area contributed by atoms with Crippen molar-refractivity contribution in [3.05, 3.63) is 97.2 Å². The molecule has 1 atom stereocenters. The van der Waals surface area contributed by atoms with Crippen molar-refractivity contribution in [2.45, 2.75) is 335 Å². The average Bonchev–Trinajstić information content (AvgIpc) is 3.45. The van der Waals surface area contributed by atoms with Crippen LogP contribution in [0.4, 0.5) is 0 Å². The van der Waals surface area contributed by atoms with Gasteiger partial charge in [-0.1, -0.05) is 285 Å². The van der Waals surface area contributed by atoms with Crippen LogP contribution in [0, 0.1) is 0 Å². The van der Waals surface area contributed by atoms with Crippen molar-refractivity contribution >= 4 is 17.9 Å². The minimum atomic E-state index is -0.791. The zero-order valence-corrected chi connectivity index (χ0v) is 52.1. The molecule has 0 aliphatic carbocycles. The molecule has 0 aliphatic heterocycles. The minimum Gasteiger partial charge on any atom is -0.462 e. The number of ether oxygens (including phenoxy) is 3. The van der Waals surface area contributed by atoms with E-state index in [1.165, 1.54) is 180 Å². The summed E-state index contributed by atoms with van der Waals surface area (Å²) >= 11 is 0. The van der Waals surface area contributed by atoms with Gasteiger partial charge in [0.15, 0.2) is 6.10 Å². The van der Waals surface area contributed by atoms with E-state index in [4.69, 9.17) is 14.2 Å². The molecule has 0 saturated heterocycles. The highest BCUT2D eigenvalue weighted by molar-refractivity contribution is 5.71. The molecule has 0 bridgehead atoms. The van der Waals surface area contributed by atoms with E-state index in [2.05, 4.69) is 118 Å². The standard InChI is InChI=1S/C73H126O6/c1-4-7-10-13-16-19-22-25-28-31-34-36-39-42-45-48-51-54-57-60-63-66-72(75)78-69-70(68-77-71(74)65-62-59-56-53-50-47-44-41-38-33-30-27-24-21-18-15-12-9-6-3)79-73(76)67-64-61-58-55-52-49-46-43-40-37-35-32-29-26-23-20-17-14-11-8-5-2/h7,10,16,18-19,21,25,27-28,30,32,34-36,38,41,70H,4-6,8-9,11-15,17,20,22-24,26,29,31,33,37,39-40,42-69H2,1-3H3/b10-7-,19-16-,21-18-,28-25-,30-27-,35-32-,36-34-,41-38-. The van der Waals surface area contributed by atoms with Crippen molar-refractivity contribution in [3.63, 3.8) is 0 Å². The first-order valence-electron chi connectivity index (χ1n) is 33.7. The van der Waals surface area contributed by atoms with E-state index >= 15 is 0 Å². The first-order valence-corrected chi connectivity index (χ1v) is 33.7. The first-order chi connectivity index (χ1) is 39.0. The van der Waals surface area contributed by atoms with Crippen molar-refractivity contribution in [3.8, 4) is 0 Å². The predicted molar refractivity (Wildman–Crippen MR) is 344 cm³/mol. The van der Waals surface area contributed by atoms with Gasteiger partial charge in [0, 0.05) is 19.3 Å².